The van der Waals surface area contributed by atoms with E-state index in [0.717, 1.165) is 10.6 Å². The predicted molar refractivity (Wildman–Crippen MR) is 82.3 cm³/mol. The van der Waals surface area contributed by atoms with Crippen LogP contribution in [0.1, 0.15) is 20.3 Å². The molecule has 0 fully saturated rings. The topological polar surface area (TPSA) is 49.4 Å². The number of fused-ring (bicyclic) bond motifs is 1. The van der Waals surface area contributed by atoms with E-state index in [4.69, 9.17) is 11.6 Å². The highest BCUT2D eigenvalue weighted by Crippen LogP contribution is 2.38. The van der Waals surface area contributed by atoms with Crippen molar-refractivity contribution in [3.63, 3.8) is 0 Å². The van der Waals surface area contributed by atoms with Gasteiger partial charge in [-0.3, -0.25) is 9.59 Å². The van der Waals surface area contributed by atoms with Crippen LogP contribution in [0.5, 0.6) is 0 Å². The first-order chi connectivity index (χ1) is 9.55. The van der Waals surface area contributed by atoms with Crippen molar-refractivity contribution in [2.75, 3.05) is 18.4 Å². The van der Waals surface area contributed by atoms with Crippen LogP contribution in [0.25, 0.3) is 0 Å². The average Bonchev–Trinajstić information content (AvgIpc) is 2.41. The molecule has 1 aliphatic heterocycles. The summed E-state index contributed by atoms with van der Waals surface area (Å²) in [7, 11) is 0. The Morgan fingerprint density at radius 3 is 2.75 bits per heavy atom. The number of carbonyl (C=O) groups is 2. The van der Waals surface area contributed by atoms with E-state index < -0.39 is 0 Å². The number of anilines is 1. The van der Waals surface area contributed by atoms with Crippen molar-refractivity contribution in [1.82, 2.24) is 4.90 Å². The predicted octanol–water partition coefficient (Wildman–Crippen LogP) is 3.01. The van der Waals surface area contributed by atoms with Gasteiger partial charge in [0.05, 0.1) is 10.9 Å². The summed E-state index contributed by atoms with van der Waals surface area (Å²) in [5, 5.41) is 3.02. The molecule has 1 heterocycles. The van der Waals surface area contributed by atoms with Crippen LogP contribution in [0.3, 0.4) is 0 Å². The van der Waals surface area contributed by atoms with Gasteiger partial charge in [0.1, 0.15) is 0 Å². The zero-order valence-electron chi connectivity index (χ0n) is 11.5. The maximum Gasteiger partial charge on any atom is 0.238 e. The van der Waals surface area contributed by atoms with Gasteiger partial charge in [0.25, 0.3) is 0 Å². The smallest absolute Gasteiger partial charge is 0.238 e. The lowest BCUT2D eigenvalue weighted by atomic mass is 10.2. The third kappa shape index (κ3) is 3.27. The quantitative estimate of drug-likeness (QED) is 0.929. The molecule has 0 spiro atoms. The second-order valence-corrected chi connectivity index (χ2v) is 6.19. The normalized spacial score (nSPS) is 17.4. The molecular formula is C14H17ClN2O2S. The highest BCUT2D eigenvalue weighted by molar-refractivity contribution is 8.01. The fourth-order valence-corrected chi connectivity index (χ4v) is 3.38. The van der Waals surface area contributed by atoms with Crippen LogP contribution >= 0.6 is 23.4 Å². The van der Waals surface area contributed by atoms with Crippen LogP contribution in [0.15, 0.2) is 23.1 Å². The summed E-state index contributed by atoms with van der Waals surface area (Å²) in [4.78, 5) is 26.8. The zero-order valence-corrected chi connectivity index (χ0v) is 13.1. The van der Waals surface area contributed by atoms with E-state index in [9.17, 15) is 9.59 Å². The first-order valence-electron chi connectivity index (χ1n) is 6.60. The molecule has 2 amide bonds. The van der Waals surface area contributed by atoms with E-state index in [-0.39, 0.29) is 23.5 Å². The highest BCUT2D eigenvalue weighted by atomic mass is 35.5. The molecule has 2 rings (SSSR count). The summed E-state index contributed by atoms with van der Waals surface area (Å²) >= 11 is 7.33. The second kappa shape index (κ2) is 6.50. The summed E-state index contributed by atoms with van der Waals surface area (Å²) in [5.41, 5.74) is 0.721. The van der Waals surface area contributed by atoms with Gasteiger partial charge in [-0.15, -0.1) is 11.8 Å². The lowest BCUT2D eigenvalue weighted by Gasteiger charge is -2.26. The summed E-state index contributed by atoms with van der Waals surface area (Å²) in [6.07, 6.45) is 0.222. The standard InChI is InChI=1S/C14H17ClN2O2S/c1-3-17(4-2)13(18)8-12-14(19)16-10-7-9(15)5-6-11(10)20-12/h5-7,12H,3-4,8H2,1-2H3,(H,16,19)/t12-/m0/s1. The Morgan fingerprint density at radius 1 is 1.40 bits per heavy atom. The van der Waals surface area contributed by atoms with Crippen LogP contribution in [-0.2, 0) is 9.59 Å². The van der Waals surface area contributed by atoms with Crippen molar-refractivity contribution in [1.29, 1.82) is 0 Å². The number of amides is 2. The third-order valence-electron chi connectivity index (χ3n) is 3.24. The van der Waals surface area contributed by atoms with E-state index in [1.54, 1.807) is 17.0 Å². The van der Waals surface area contributed by atoms with Crippen molar-refractivity contribution < 1.29 is 9.59 Å². The number of hydrogen-bond acceptors (Lipinski definition) is 3. The molecule has 1 aromatic rings. The maximum absolute atomic E-state index is 12.1. The van der Waals surface area contributed by atoms with Gasteiger partial charge in [0.15, 0.2) is 0 Å². The van der Waals surface area contributed by atoms with Gasteiger partial charge in [-0.2, -0.15) is 0 Å². The first kappa shape index (κ1) is 15.2. The SMILES string of the molecule is CCN(CC)C(=O)C[C@@H]1Sc2ccc(Cl)cc2NC1=O. The minimum absolute atomic E-state index is 0.0139. The molecule has 1 aromatic carbocycles. The average molecular weight is 313 g/mol. The molecule has 1 aliphatic rings. The lowest BCUT2D eigenvalue weighted by molar-refractivity contribution is -0.132. The number of carbonyl (C=O) groups excluding carboxylic acids is 2. The van der Waals surface area contributed by atoms with E-state index in [1.807, 2.05) is 19.9 Å². The van der Waals surface area contributed by atoms with E-state index >= 15 is 0 Å². The Kier molecular flexibility index (Phi) is 4.94. The van der Waals surface area contributed by atoms with Crippen LogP contribution in [0.4, 0.5) is 5.69 Å². The monoisotopic (exact) mass is 312 g/mol. The Bertz CT molecular complexity index is 532. The summed E-state index contributed by atoms with van der Waals surface area (Å²) in [5.74, 6) is -0.120. The van der Waals surface area contributed by atoms with Crippen molar-refractivity contribution >= 4 is 40.9 Å². The number of thioether (sulfide) groups is 1. The van der Waals surface area contributed by atoms with Crippen LogP contribution in [0.2, 0.25) is 5.02 Å². The number of nitrogens with one attached hydrogen (secondary N) is 1. The van der Waals surface area contributed by atoms with Crippen LogP contribution < -0.4 is 5.32 Å². The molecule has 0 radical (unpaired) electrons. The largest absolute Gasteiger partial charge is 0.343 e. The highest BCUT2D eigenvalue weighted by Gasteiger charge is 2.30. The number of nitrogens with zero attached hydrogens (tertiary/aromatic N) is 1. The van der Waals surface area contributed by atoms with Gasteiger partial charge in [0.2, 0.25) is 11.8 Å². The fourth-order valence-electron chi connectivity index (χ4n) is 2.12. The van der Waals surface area contributed by atoms with Crippen molar-refractivity contribution in [3.05, 3.63) is 23.2 Å². The minimum atomic E-state index is -0.378. The van der Waals surface area contributed by atoms with Crippen molar-refractivity contribution in [3.8, 4) is 0 Å². The van der Waals surface area contributed by atoms with Crippen LogP contribution in [-0.4, -0.2) is 35.1 Å². The Hall–Kier alpha value is -1.20. The molecule has 108 valence electrons. The molecule has 0 unspecified atom stereocenters. The summed E-state index contributed by atoms with van der Waals surface area (Å²) < 4.78 is 0. The summed E-state index contributed by atoms with van der Waals surface area (Å²) in [6.45, 7) is 5.21. The van der Waals surface area contributed by atoms with Crippen molar-refractivity contribution in [2.45, 2.75) is 30.4 Å². The van der Waals surface area contributed by atoms with Crippen molar-refractivity contribution in [2.24, 2.45) is 0 Å². The Morgan fingerprint density at radius 2 is 2.10 bits per heavy atom. The summed E-state index contributed by atoms with van der Waals surface area (Å²) in [6, 6.07) is 5.38. The van der Waals surface area contributed by atoms with E-state index in [1.165, 1.54) is 11.8 Å². The number of benzene rings is 1. The lowest BCUT2D eigenvalue weighted by Crippen LogP contribution is -2.37. The molecule has 6 heteroatoms. The second-order valence-electron chi connectivity index (χ2n) is 4.51. The van der Waals surface area contributed by atoms with E-state index in [0.29, 0.717) is 18.1 Å². The maximum atomic E-state index is 12.1. The number of hydrogen-bond donors (Lipinski definition) is 1. The van der Waals surface area contributed by atoms with E-state index in [2.05, 4.69) is 5.32 Å². The molecule has 1 atom stereocenters. The number of rotatable bonds is 4. The molecule has 0 aliphatic carbocycles. The minimum Gasteiger partial charge on any atom is -0.343 e. The van der Waals surface area contributed by atoms with Gasteiger partial charge in [-0.05, 0) is 32.0 Å². The number of halogens is 1. The molecule has 0 bridgehead atoms. The molecule has 4 nitrogen and oxygen atoms in total. The zero-order chi connectivity index (χ0) is 14.7. The molecule has 1 N–H and O–H groups in total. The van der Waals surface area contributed by atoms with Crippen LogP contribution in [0, 0.1) is 0 Å². The van der Waals surface area contributed by atoms with Gasteiger partial charge in [-0.25, -0.2) is 0 Å². The van der Waals surface area contributed by atoms with Gasteiger partial charge >= 0.3 is 0 Å². The van der Waals surface area contributed by atoms with Gasteiger partial charge < -0.3 is 10.2 Å². The fraction of sp³-hybridized carbons (Fsp3) is 0.429. The Labute approximate surface area is 127 Å². The molecule has 20 heavy (non-hydrogen) atoms. The third-order valence-corrected chi connectivity index (χ3v) is 4.75. The Balaban J connectivity index is 2.10. The molecular weight excluding hydrogens is 296 g/mol. The van der Waals surface area contributed by atoms with Gasteiger partial charge in [0, 0.05) is 29.4 Å². The molecule has 0 aromatic heterocycles. The molecule has 0 saturated carbocycles. The van der Waals surface area contributed by atoms with Gasteiger partial charge in [-0.1, -0.05) is 11.6 Å². The molecule has 0 saturated heterocycles. The first-order valence-corrected chi connectivity index (χ1v) is 7.85.